The van der Waals surface area contributed by atoms with Crippen molar-refractivity contribution in [3.63, 3.8) is 0 Å². The van der Waals surface area contributed by atoms with Gasteiger partial charge in [-0.3, -0.25) is 4.79 Å². The van der Waals surface area contributed by atoms with Gasteiger partial charge in [0.15, 0.2) is 5.78 Å². The predicted molar refractivity (Wildman–Crippen MR) is 51.0 cm³/mol. The Balaban J connectivity index is 2.72. The van der Waals surface area contributed by atoms with Gasteiger partial charge in [-0.1, -0.05) is 12.1 Å². The molecule has 62 valence electrons. The van der Waals surface area contributed by atoms with Gasteiger partial charge in [0.2, 0.25) is 0 Å². The van der Waals surface area contributed by atoms with E-state index in [2.05, 4.69) is 13.0 Å². The van der Waals surface area contributed by atoms with Gasteiger partial charge in [-0.15, -0.1) is 11.8 Å². The van der Waals surface area contributed by atoms with Crippen LogP contribution in [0.15, 0.2) is 17.0 Å². The van der Waals surface area contributed by atoms with E-state index in [1.807, 2.05) is 13.0 Å². The molecule has 0 radical (unpaired) electrons. The Morgan fingerprint density at radius 3 is 2.58 bits per heavy atom. The normalized spacial score (nSPS) is 15.0. The summed E-state index contributed by atoms with van der Waals surface area (Å²) in [7, 11) is 0. The number of carbonyl (C=O) groups excluding carboxylic acids is 1. The standard InChI is InChI=1S/C10H10OS/c1-6-3-4-7(2)10-9(6)8(11)5-12-10/h3-4H,5H2,1-2H3. The van der Waals surface area contributed by atoms with E-state index < -0.39 is 0 Å². The number of carbonyl (C=O) groups is 1. The number of hydrogen-bond donors (Lipinski definition) is 0. The molecule has 0 N–H and O–H groups in total. The molecule has 1 nitrogen and oxygen atoms in total. The SMILES string of the molecule is Cc1ccc(C)c2c1SCC2=O. The lowest BCUT2D eigenvalue weighted by molar-refractivity contribution is 0.102. The fourth-order valence-corrected chi connectivity index (χ4v) is 2.66. The van der Waals surface area contributed by atoms with Crippen molar-refractivity contribution < 1.29 is 4.79 Å². The lowest BCUT2D eigenvalue weighted by Crippen LogP contribution is -1.98. The fourth-order valence-electron chi connectivity index (χ4n) is 1.53. The van der Waals surface area contributed by atoms with E-state index in [1.54, 1.807) is 11.8 Å². The Morgan fingerprint density at radius 2 is 1.92 bits per heavy atom. The molecule has 0 amide bonds. The van der Waals surface area contributed by atoms with Gasteiger partial charge >= 0.3 is 0 Å². The van der Waals surface area contributed by atoms with Crippen LogP contribution in [0, 0.1) is 13.8 Å². The first-order chi connectivity index (χ1) is 5.70. The summed E-state index contributed by atoms with van der Waals surface area (Å²) < 4.78 is 0. The van der Waals surface area contributed by atoms with Crippen LogP contribution in [0.2, 0.25) is 0 Å². The van der Waals surface area contributed by atoms with E-state index in [1.165, 1.54) is 10.5 Å². The lowest BCUT2D eigenvalue weighted by Gasteiger charge is -2.03. The van der Waals surface area contributed by atoms with E-state index >= 15 is 0 Å². The molecule has 0 aromatic heterocycles. The summed E-state index contributed by atoms with van der Waals surface area (Å²) in [6, 6.07) is 4.11. The molecule has 0 aliphatic carbocycles. The molecule has 1 aliphatic heterocycles. The molecular weight excluding hydrogens is 168 g/mol. The zero-order chi connectivity index (χ0) is 8.72. The summed E-state index contributed by atoms with van der Waals surface area (Å²) >= 11 is 1.67. The van der Waals surface area contributed by atoms with Crippen molar-refractivity contribution >= 4 is 17.5 Å². The van der Waals surface area contributed by atoms with E-state index in [4.69, 9.17) is 0 Å². The first-order valence-electron chi connectivity index (χ1n) is 3.96. The van der Waals surface area contributed by atoms with Gasteiger partial charge in [-0.2, -0.15) is 0 Å². The second-order valence-corrected chi connectivity index (χ2v) is 4.10. The van der Waals surface area contributed by atoms with Crippen molar-refractivity contribution in [3.8, 4) is 0 Å². The average Bonchev–Trinajstić information content (AvgIpc) is 2.42. The maximum absolute atomic E-state index is 11.4. The highest BCUT2D eigenvalue weighted by Crippen LogP contribution is 2.35. The van der Waals surface area contributed by atoms with Gasteiger partial charge in [-0.25, -0.2) is 0 Å². The minimum atomic E-state index is 0.288. The Hall–Kier alpha value is -0.760. The number of thioether (sulfide) groups is 1. The smallest absolute Gasteiger partial charge is 0.174 e. The molecule has 0 spiro atoms. The maximum atomic E-state index is 11.4. The van der Waals surface area contributed by atoms with Crippen LogP contribution in [0.25, 0.3) is 0 Å². The predicted octanol–water partition coefficient (Wildman–Crippen LogP) is 2.59. The van der Waals surface area contributed by atoms with Crippen LogP contribution in [-0.2, 0) is 0 Å². The molecule has 12 heavy (non-hydrogen) atoms. The van der Waals surface area contributed by atoms with Gasteiger partial charge in [0.1, 0.15) is 0 Å². The van der Waals surface area contributed by atoms with Crippen molar-refractivity contribution in [3.05, 3.63) is 28.8 Å². The van der Waals surface area contributed by atoms with Crippen molar-refractivity contribution in [2.75, 3.05) is 5.75 Å². The Bertz CT molecular complexity index is 355. The highest BCUT2D eigenvalue weighted by atomic mass is 32.2. The molecule has 1 aliphatic rings. The largest absolute Gasteiger partial charge is 0.293 e. The minimum absolute atomic E-state index is 0.288. The van der Waals surface area contributed by atoms with Gasteiger partial charge in [0.05, 0.1) is 5.75 Å². The van der Waals surface area contributed by atoms with Crippen LogP contribution < -0.4 is 0 Å². The molecule has 0 saturated carbocycles. The van der Waals surface area contributed by atoms with E-state index in [0.29, 0.717) is 5.75 Å². The van der Waals surface area contributed by atoms with Crippen LogP contribution in [-0.4, -0.2) is 11.5 Å². The van der Waals surface area contributed by atoms with E-state index in [-0.39, 0.29) is 5.78 Å². The quantitative estimate of drug-likeness (QED) is 0.607. The highest BCUT2D eigenvalue weighted by Gasteiger charge is 2.23. The number of rotatable bonds is 0. The average molecular weight is 178 g/mol. The summed E-state index contributed by atoms with van der Waals surface area (Å²) in [6.07, 6.45) is 0. The second-order valence-electron chi connectivity index (χ2n) is 3.12. The van der Waals surface area contributed by atoms with Crippen LogP contribution >= 0.6 is 11.8 Å². The Morgan fingerprint density at radius 1 is 1.25 bits per heavy atom. The third-order valence-electron chi connectivity index (χ3n) is 2.19. The van der Waals surface area contributed by atoms with Crippen molar-refractivity contribution in [2.24, 2.45) is 0 Å². The number of fused-ring (bicyclic) bond motifs is 1. The summed E-state index contributed by atoms with van der Waals surface area (Å²) in [4.78, 5) is 12.6. The molecule has 0 bridgehead atoms. The first-order valence-corrected chi connectivity index (χ1v) is 4.95. The molecule has 1 heterocycles. The molecule has 1 aromatic rings. The van der Waals surface area contributed by atoms with Gasteiger partial charge in [0.25, 0.3) is 0 Å². The van der Waals surface area contributed by atoms with Crippen LogP contribution in [0.3, 0.4) is 0 Å². The Labute approximate surface area is 76.2 Å². The van der Waals surface area contributed by atoms with Crippen molar-refractivity contribution in [1.82, 2.24) is 0 Å². The molecule has 0 saturated heterocycles. The number of benzene rings is 1. The minimum Gasteiger partial charge on any atom is -0.293 e. The van der Waals surface area contributed by atoms with E-state index in [0.717, 1.165) is 11.1 Å². The van der Waals surface area contributed by atoms with Gasteiger partial charge < -0.3 is 0 Å². The molecule has 0 fully saturated rings. The second kappa shape index (κ2) is 2.63. The lowest BCUT2D eigenvalue weighted by atomic mass is 10.0. The third kappa shape index (κ3) is 0.985. The first kappa shape index (κ1) is 7.87. The maximum Gasteiger partial charge on any atom is 0.174 e. The third-order valence-corrected chi connectivity index (χ3v) is 3.41. The highest BCUT2D eigenvalue weighted by molar-refractivity contribution is 8.00. The summed E-state index contributed by atoms with van der Waals surface area (Å²) in [5.74, 6) is 0.914. The van der Waals surface area contributed by atoms with E-state index in [9.17, 15) is 4.79 Å². The molecule has 2 heteroatoms. The number of aryl methyl sites for hydroxylation is 2. The van der Waals surface area contributed by atoms with Crippen molar-refractivity contribution in [2.45, 2.75) is 18.7 Å². The Kier molecular flexibility index (Phi) is 1.72. The monoisotopic (exact) mass is 178 g/mol. The fraction of sp³-hybridized carbons (Fsp3) is 0.300. The summed E-state index contributed by atoms with van der Waals surface area (Å²) in [6.45, 7) is 4.06. The summed E-state index contributed by atoms with van der Waals surface area (Å²) in [5, 5.41) is 0. The summed E-state index contributed by atoms with van der Waals surface area (Å²) in [5.41, 5.74) is 3.30. The number of hydrogen-bond acceptors (Lipinski definition) is 2. The molecule has 0 atom stereocenters. The number of Topliss-reactive ketones (excluding diaryl/α,β-unsaturated/α-hetero) is 1. The topological polar surface area (TPSA) is 17.1 Å². The van der Waals surface area contributed by atoms with Crippen LogP contribution in [0.5, 0.6) is 0 Å². The molecule has 1 aromatic carbocycles. The zero-order valence-electron chi connectivity index (χ0n) is 7.18. The van der Waals surface area contributed by atoms with Gasteiger partial charge in [-0.05, 0) is 25.0 Å². The zero-order valence-corrected chi connectivity index (χ0v) is 7.99. The van der Waals surface area contributed by atoms with Gasteiger partial charge in [0, 0.05) is 10.5 Å². The number of ketones is 1. The van der Waals surface area contributed by atoms with Crippen LogP contribution in [0.4, 0.5) is 0 Å². The van der Waals surface area contributed by atoms with Crippen LogP contribution in [0.1, 0.15) is 21.5 Å². The molecule has 0 unspecified atom stereocenters. The molecular formula is C10H10OS. The molecule has 2 rings (SSSR count). The van der Waals surface area contributed by atoms with Crippen molar-refractivity contribution in [1.29, 1.82) is 0 Å².